The Hall–Kier alpha value is -1.06. The van der Waals surface area contributed by atoms with E-state index in [1.54, 1.807) is 0 Å². The van der Waals surface area contributed by atoms with E-state index in [1.165, 1.54) is 0 Å². The van der Waals surface area contributed by atoms with Crippen molar-refractivity contribution in [2.45, 2.75) is 12.1 Å². The van der Waals surface area contributed by atoms with Gasteiger partial charge in [-0.1, -0.05) is 47.5 Å². The molecule has 2 aromatic carbocycles. The van der Waals surface area contributed by atoms with Crippen LogP contribution in [-0.2, 0) is 0 Å². The van der Waals surface area contributed by atoms with Crippen LogP contribution in [0.2, 0.25) is 10.0 Å². The van der Waals surface area contributed by atoms with Crippen molar-refractivity contribution in [3.05, 3.63) is 69.7 Å². The Morgan fingerprint density at radius 1 is 0.750 bits per heavy atom. The second-order valence-electron chi connectivity index (χ2n) is 4.64. The summed E-state index contributed by atoms with van der Waals surface area (Å²) in [6, 6.07) is 16.0. The van der Waals surface area contributed by atoms with E-state index in [1.807, 2.05) is 50.5 Å². The number of hydrogen-bond donors (Lipinski definition) is 2. The van der Waals surface area contributed by atoms with Gasteiger partial charge in [-0.3, -0.25) is 0 Å². The van der Waals surface area contributed by atoms with E-state index >= 15 is 0 Å². The van der Waals surface area contributed by atoms with Crippen molar-refractivity contribution in [1.29, 1.82) is 0 Å². The van der Waals surface area contributed by atoms with Gasteiger partial charge in [0.15, 0.2) is 0 Å². The third-order valence-corrected chi connectivity index (χ3v) is 3.84. The Morgan fingerprint density at radius 3 is 1.45 bits per heavy atom. The molecule has 0 fully saturated rings. The molecule has 20 heavy (non-hydrogen) atoms. The number of hydrogen-bond acceptors (Lipinski definition) is 2. The second-order valence-corrected chi connectivity index (χ2v) is 5.52. The average Bonchev–Trinajstić information content (AvgIpc) is 2.44. The normalized spacial score (nSPS) is 14.0. The first-order valence-corrected chi connectivity index (χ1v) is 7.26. The van der Waals surface area contributed by atoms with Gasteiger partial charge < -0.3 is 10.6 Å². The van der Waals surface area contributed by atoms with E-state index in [9.17, 15) is 0 Å². The zero-order valence-electron chi connectivity index (χ0n) is 11.5. The number of halogens is 2. The van der Waals surface area contributed by atoms with Gasteiger partial charge in [0.05, 0.1) is 12.1 Å². The fraction of sp³-hybridized carbons (Fsp3) is 0.250. The lowest BCUT2D eigenvalue weighted by Gasteiger charge is -2.27. The molecular weight excluding hydrogens is 291 g/mol. The minimum atomic E-state index is 0.108. The second kappa shape index (κ2) is 7.09. The van der Waals surface area contributed by atoms with E-state index in [4.69, 9.17) is 23.2 Å². The van der Waals surface area contributed by atoms with Crippen LogP contribution in [0.25, 0.3) is 0 Å². The molecule has 0 bridgehead atoms. The molecule has 0 unspecified atom stereocenters. The molecule has 0 aliphatic heterocycles. The minimum absolute atomic E-state index is 0.108. The summed E-state index contributed by atoms with van der Waals surface area (Å²) in [4.78, 5) is 0. The fourth-order valence-corrected chi connectivity index (χ4v) is 2.85. The Bertz CT molecular complexity index is 520. The maximum Gasteiger partial charge on any atom is 0.0516 e. The minimum Gasteiger partial charge on any atom is -0.311 e. The maximum absolute atomic E-state index is 6.10. The summed E-state index contributed by atoms with van der Waals surface area (Å²) in [6.45, 7) is 0. The molecule has 2 aromatic rings. The van der Waals surface area contributed by atoms with Crippen molar-refractivity contribution in [2.75, 3.05) is 14.1 Å². The number of nitrogens with one attached hydrogen (secondary N) is 2. The molecule has 0 aromatic heterocycles. The van der Waals surface area contributed by atoms with E-state index in [-0.39, 0.29) is 12.1 Å². The van der Waals surface area contributed by atoms with E-state index in [0.29, 0.717) is 0 Å². The molecule has 4 heteroatoms. The van der Waals surface area contributed by atoms with Gasteiger partial charge in [0.1, 0.15) is 0 Å². The molecule has 0 amide bonds. The summed E-state index contributed by atoms with van der Waals surface area (Å²) in [5.41, 5.74) is 2.28. The van der Waals surface area contributed by atoms with E-state index in [0.717, 1.165) is 21.2 Å². The summed E-state index contributed by atoms with van der Waals surface area (Å²) in [7, 11) is 3.89. The van der Waals surface area contributed by atoms with Crippen LogP contribution in [0.4, 0.5) is 0 Å². The lowest BCUT2D eigenvalue weighted by Crippen LogP contribution is -2.31. The van der Waals surface area contributed by atoms with E-state index < -0.39 is 0 Å². The van der Waals surface area contributed by atoms with Gasteiger partial charge >= 0.3 is 0 Å². The standard InChI is InChI=1S/C16H18Cl2N2/c1-19-15(11-5-3-7-13(17)9-11)16(20-2)12-6-4-8-14(18)10-12/h3-10,15-16,19-20H,1-2H3/t15-,16-/m0/s1. The highest BCUT2D eigenvalue weighted by Gasteiger charge is 2.22. The fourth-order valence-electron chi connectivity index (χ4n) is 2.45. The zero-order chi connectivity index (χ0) is 14.5. The number of likely N-dealkylation sites (N-methyl/N-ethyl adjacent to an activating group) is 2. The van der Waals surface area contributed by atoms with Crippen LogP contribution < -0.4 is 10.6 Å². The average molecular weight is 309 g/mol. The highest BCUT2D eigenvalue weighted by atomic mass is 35.5. The quantitative estimate of drug-likeness (QED) is 0.864. The first-order valence-electron chi connectivity index (χ1n) is 6.51. The van der Waals surface area contributed by atoms with Crippen molar-refractivity contribution < 1.29 is 0 Å². The molecular formula is C16H18Cl2N2. The highest BCUT2D eigenvalue weighted by Crippen LogP contribution is 2.30. The van der Waals surface area contributed by atoms with Gasteiger partial charge in [-0.15, -0.1) is 0 Å². The van der Waals surface area contributed by atoms with Crippen LogP contribution in [0.5, 0.6) is 0 Å². The van der Waals surface area contributed by atoms with E-state index in [2.05, 4.69) is 22.8 Å². The Balaban J connectivity index is 2.37. The Labute approximate surface area is 130 Å². The van der Waals surface area contributed by atoms with Gasteiger partial charge in [-0.2, -0.15) is 0 Å². The van der Waals surface area contributed by atoms with Crippen molar-refractivity contribution >= 4 is 23.2 Å². The molecule has 0 aliphatic rings. The zero-order valence-corrected chi connectivity index (χ0v) is 13.0. The predicted octanol–water partition coefficient (Wildman–Crippen LogP) is 4.21. The molecule has 2 nitrogen and oxygen atoms in total. The molecule has 0 saturated carbocycles. The summed E-state index contributed by atoms with van der Waals surface area (Å²) < 4.78 is 0. The van der Waals surface area contributed by atoms with Crippen LogP contribution in [0.3, 0.4) is 0 Å². The topological polar surface area (TPSA) is 24.1 Å². The molecule has 2 rings (SSSR count). The Kier molecular flexibility index (Phi) is 5.44. The van der Waals surface area contributed by atoms with Crippen molar-refractivity contribution in [3.8, 4) is 0 Å². The molecule has 2 N–H and O–H groups in total. The largest absolute Gasteiger partial charge is 0.311 e. The Morgan fingerprint density at radius 2 is 1.15 bits per heavy atom. The van der Waals surface area contributed by atoms with Crippen LogP contribution >= 0.6 is 23.2 Å². The SMILES string of the molecule is CN[C@@H](c1cccc(Cl)c1)[C@@H](NC)c1cccc(Cl)c1. The van der Waals surface area contributed by atoms with Crippen molar-refractivity contribution in [3.63, 3.8) is 0 Å². The predicted molar refractivity (Wildman–Crippen MR) is 86.5 cm³/mol. The molecule has 0 saturated heterocycles. The third-order valence-electron chi connectivity index (χ3n) is 3.37. The molecule has 0 spiro atoms. The molecule has 0 heterocycles. The van der Waals surface area contributed by atoms with Gasteiger partial charge in [0.25, 0.3) is 0 Å². The smallest absolute Gasteiger partial charge is 0.0516 e. The van der Waals surface area contributed by atoms with Gasteiger partial charge in [0, 0.05) is 10.0 Å². The first-order chi connectivity index (χ1) is 9.65. The highest BCUT2D eigenvalue weighted by molar-refractivity contribution is 6.30. The molecule has 0 radical (unpaired) electrons. The summed E-state index contributed by atoms with van der Waals surface area (Å²) in [6.07, 6.45) is 0. The van der Waals surface area contributed by atoms with Gasteiger partial charge in [-0.05, 0) is 49.5 Å². The van der Waals surface area contributed by atoms with Gasteiger partial charge in [-0.25, -0.2) is 0 Å². The lowest BCUT2D eigenvalue weighted by molar-refractivity contribution is 0.432. The van der Waals surface area contributed by atoms with Crippen molar-refractivity contribution in [1.82, 2.24) is 10.6 Å². The molecule has 106 valence electrons. The van der Waals surface area contributed by atoms with Crippen LogP contribution in [0.1, 0.15) is 23.2 Å². The van der Waals surface area contributed by atoms with Gasteiger partial charge in [0.2, 0.25) is 0 Å². The summed E-state index contributed by atoms with van der Waals surface area (Å²) in [5.74, 6) is 0. The maximum atomic E-state index is 6.10. The van der Waals surface area contributed by atoms with Crippen molar-refractivity contribution in [2.24, 2.45) is 0 Å². The monoisotopic (exact) mass is 308 g/mol. The number of benzene rings is 2. The molecule has 2 atom stereocenters. The molecule has 0 aliphatic carbocycles. The number of rotatable bonds is 5. The van der Waals surface area contributed by atoms with Crippen LogP contribution in [0.15, 0.2) is 48.5 Å². The summed E-state index contributed by atoms with van der Waals surface area (Å²) >= 11 is 12.2. The summed E-state index contributed by atoms with van der Waals surface area (Å²) in [5, 5.41) is 8.18. The third kappa shape index (κ3) is 3.53. The first kappa shape index (κ1) is 15.3. The van der Waals surface area contributed by atoms with Crippen LogP contribution in [-0.4, -0.2) is 14.1 Å². The lowest BCUT2D eigenvalue weighted by atomic mass is 9.93. The van der Waals surface area contributed by atoms with Crippen LogP contribution in [0, 0.1) is 0 Å².